The maximum atomic E-state index is 12.7. The maximum Gasteiger partial charge on any atom is 0.259 e. The van der Waals surface area contributed by atoms with Gasteiger partial charge in [-0.3, -0.25) is 14.3 Å². The van der Waals surface area contributed by atoms with Gasteiger partial charge in [0.25, 0.3) is 5.56 Å². The van der Waals surface area contributed by atoms with Crippen LogP contribution in [0.25, 0.3) is 28.4 Å². The van der Waals surface area contributed by atoms with E-state index < -0.39 is 0 Å². The van der Waals surface area contributed by atoms with Crippen LogP contribution in [0.15, 0.2) is 53.6 Å². The Labute approximate surface area is 161 Å². The fourth-order valence-electron chi connectivity index (χ4n) is 3.21. The number of aryl methyl sites for hydroxylation is 1. The smallest absolute Gasteiger partial charge is 0.259 e. The molecular weight excluding hydrogens is 362 g/mol. The number of aromatic nitrogens is 5. The number of hydrogen-bond donors (Lipinski definition) is 1. The molecule has 7 heteroatoms. The molecule has 1 N–H and O–H groups in total. The van der Waals surface area contributed by atoms with Crippen molar-refractivity contribution in [3.63, 3.8) is 0 Å². The Kier molecular flexibility index (Phi) is 4.81. The van der Waals surface area contributed by atoms with Crippen LogP contribution in [0.4, 0.5) is 0 Å². The van der Waals surface area contributed by atoms with Crippen molar-refractivity contribution in [3.8, 4) is 22.6 Å². The predicted molar refractivity (Wildman–Crippen MR) is 107 cm³/mol. The number of rotatable bonds is 6. The highest BCUT2D eigenvalue weighted by Gasteiger charge is 2.15. The maximum absolute atomic E-state index is 12.7. The monoisotopic (exact) mass is 381 g/mol. The molecule has 0 radical (unpaired) electrons. The van der Waals surface area contributed by atoms with Gasteiger partial charge in [0.2, 0.25) is 5.78 Å². The van der Waals surface area contributed by atoms with Crippen molar-refractivity contribution in [2.45, 2.75) is 32.7 Å². The third-order valence-corrected chi connectivity index (χ3v) is 4.86. The third kappa shape index (κ3) is 3.40. The zero-order valence-corrected chi connectivity index (χ0v) is 15.8. The van der Waals surface area contributed by atoms with Crippen molar-refractivity contribution in [1.29, 1.82) is 0 Å². The van der Waals surface area contributed by atoms with Gasteiger partial charge in [-0.15, -0.1) is 0 Å². The van der Waals surface area contributed by atoms with Gasteiger partial charge in [-0.25, -0.2) is 4.98 Å². The molecule has 0 aliphatic carbocycles. The molecule has 0 aliphatic rings. The van der Waals surface area contributed by atoms with E-state index in [9.17, 15) is 4.79 Å². The summed E-state index contributed by atoms with van der Waals surface area (Å²) in [5.74, 6) is 0.626. The Morgan fingerprint density at radius 3 is 2.63 bits per heavy atom. The molecule has 0 spiro atoms. The summed E-state index contributed by atoms with van der Waals surface area (Å²) >= 11 is 5.99. The minimum Gasteiger partial charge on any atom is -0.309 e. The summed E-state index contributed by atoms with van der Waals surface area (Å²) in [6.07, 6.45) is 6.79. The first-order valence-corrected chi connectivity index (χ1v) is 9.44. The van der Waals surface area contributed by atoms with Crippen molar-refractivity contribution < 1.29 is 0 Å². The normalized spacial score (nSPS) is 11.3. The Morgan fingerprint density at radius 2 is 1.93 bits per heavy atom. The second kappa shape index (κ2) is 7.40. The van der Waals surface area contributed by atoms with Crippen LogP contribution < -0.4 is 5.56 Å². The SMILES string of the molecule is CCCCCn1c(-c2cc[nH]n2)cc(=O)n2cc(-c3ccc(Cl)cc3)nc12. The van der Waals surface area contributed by atoms with Crippen LogP contribution in [0, 0.1) is 0 Å². The Morgan fingerprint density at radius 1 is 1.11 bits per heavy atom. The molecule has 4 rings (SSSR count). The van der Waals surface area contributed by atoms with Crippen molar-refractivity contribution in [3.05, 3.63) is 64.2 Å². The zero-order chi connectivity index (χ0) is 18.8. The summed E-state index contributed by atoms with van der Waals surface area (Å²) in [6.45, 7) is 2.95. The highest BCUT2D eigenvalue weighted by molar-refractivity contribution is 6.30. The van der Waals surface area contributed by atoms with Crippen molar-refractivity contribution in [2.75, 3.05) is 0 Å². The van der Waals surface area contributed by atoms with Crippen LogP contribution in [0.2, 0.25) is 5.02 Å². The van der Waals surface area contributed by atoms with E-state index in [2.05, 4.69) is 21.7 Å². The molecule has 6 nitrogen and oxygen atoms in total. The van der Waals surface area contributed by atoms with Gasteiger partial charge in [0, 0.05) is 35.6 Å². The summed E-state index contributed by atoms with van der Waals surface area (Å²) in [5.41, 5.74) is 3.05. The molecule has 4 aromatic rings. The highest BCUT2D eigenvalue weighted by atomic mass is 35.5. The summed E-state index contributed by atoms with van der Waals surface area (Å²) in [5, 5.41) is 7.75. The molecule has 0 bridgehead atoms. The molecule has 0 atom stereocenters. The molecule has 0 amide bonds. The first-order chi connectivity index (χ1) is 13.2. The fraction of sp³-hybridized carbons (Fsp3) is 0.250. The average Bonchev–Trinajstić information content (AvgIpc) is 3.34. The van der Waals surface area contributed by atoms with E-state index in [1.165, 1.54) is 0 Å². The lowest BCUT2D eigenvalue weighted by Crippen LogP contribution is -2.18. The van der Waals surface area contributed by atoms with Crippen LogP contribution in [0.1, 0.15) is 26.2 Å². The summed E-state index contributed by atoms with van der Waals surface area (Å²) in [7, 11) is 0. The molecule has 3 heterocycles. The second-order valence-electron chi connectivity index (χ2n) is 6.49. The van der Waals surface area contributed by atoms with Crippen LogP contribution in [0.5, 0.6) is 0 Å². The lowest BCUT2D eigenvalue weighted by Gasteiger charge is -2.13. The molecule has 0 aliphatic heterocycles. The van der Waals surface area contributed by atoms with Gasteiger partial charge in [-0.2, -0.15) is 5.10 Å². The first kappa shape index (κ1) is 17.5. The van der Waals surface area contributed by atoms with Crippen LogP contribution in [-0.2, 0) is 6.54 Å². The van der Waals surface area contributed by atoms with E-state index in [1.807, 2.05) is 30.3 Å². The third-order valence-electron chi connectivity index (χ3n) is 4.61. The minimum absolute atomic E-state index is 0.123. The topological polar surface area (TPSA) is 68.0 Å². The highest BCUT2D eigenvalue weighted by Crippen LogP contribution is 2.23. The van der Waals surface area contributed by atoms with E-state index in [-0.39, 0.29) is 5.56 Å². The summed E-state index contributed by atoms with van der Waals surface area (Å²) in [6, 6.07) is 11.0. The molecule has 0 saturated carbocycles. The van der Waals surface area contributed by atoms with Gasteiger partial charge in [-0.05, 0) is 24.6 Å². The van der Waals surface area contributed by atoms with E-state index in [0.29, 0.717) is 10.8 Å². The lowest BCUT2D eigenvalue weighted by atomic mass is 10.2. The van der Waals surface area contributed by atoms with Crippen molar-refractivity contribution in [1.82, 2.24) is 24.1 Å². The van der Waals surface area contributed by atoms with Crippen LogP contribution in [-0.4, -0.2) is 24.1 Å². The lowest BCUT2D eigenvalue weighted by molar-refractivity contribution is 0.605. The zero-order valence-electron chi connectivity index (χ0n) is 15.0. The molecule has 27 heavy (non-hydrogen) atoms. The van der Waals surface area contributed by atoms with Crippen molar-refractivity contribution >= 4 is 17.4 Å². The van der Waals surface area contributed by atoms with Crippen LogP contribution in [0.3, 0.4) is 0 Å². The van der Waals surface area contributed by atoms with E-state index in [0.717, 1.165) is 48.5 Å². The number of nitrogens with zero attached hydrogens (tertiary/aromatic N) is 4. The summed E-state index contributed by atoms with van der Waals surface area (Å²) in [4.78, 5) is 17.5. The Bertz CT molecular complexity index is 1110. The van der Waals surface area contributed by atoms with E-state index in [1.54, 1.807) is 22.9 Å². The van der Waals surface area contributed by atoms with E-state index >= 15 is 0 Å². The number of aromatic amines is 1. The number of nitrogens with one attached hydrogen (secondary N) is 1. The Hall–Kier alpha value is -2.86. The number of H-pyrrole nitrogens is 1. The molecule has 1 aromatic carbocycles. The molecule has 3 aromatic heterocycles. The predicted octanol–water partition coefficient (Wildman–Crippen LogP) is 4.40. The van der Waals surface area contributed by atoms with Gasteiger partial charge in [-0.1, -0.05) is 43.5 Å². The molecule has 0 fully saturated rings. The average molecular weight is 382 g/mol. The number of fused-ring (bicyclic) bond motifs is 1. The standard InChI is InChI=1S/C20H20ClN5O/c1-2-3-4-11-25-18(16-9-10-22-24-16)12-19(27)26-13-17(23-20(25)26)14-5-7-15(21)8-6-14/h5-10,12-13H,2-4,11H2,1H3,(H,22,24). The fourth-order valence-corrected chi connectivity index (χ4v) is 3.34. The van der Waals surface area contributed by atoms with E-state index in [4.69, 9.17) is 16.6 Å². The first-order valence-electron chi connectivity index (χ1n) is 9.06. The second-order valence-corrected chi connectivity index (χ2v) is 6.93. The number of halogens is 1. The Balaban J connectivity index is 1.90. The molecule has 0 saturated heterocycles. The van der Waals surface area contributed by atoms with Crippen LogP contribution >= 0.6 is 11.6 Å². The van der Waals surface area contributed by atoms with Gasteiger partial charge in [0.1, 0.15) is 5.69 Å². The van der Waals surface area contributed by atoms with Gasteiger partial charge in [0.15, 0.2) is 0 Å². The quantitative estimate of drug-likeness (QED) is 0.503. The number of imidazole rings is 1. The molecule has 138 valence electrons. The largest absolute Gasteiger partial charge is 0.309 e. The van der Waals surface area contributed by atoms with Crippen molar-refractivity contribution in [2.24, 2.45) is 0 Å². The van der Waals surface area contributed by atoms with Gasteiger partial charge < -0.3 is 4.57 Å². The minimum atomic E-state index is -0.123. The number of benzene rings is 1. The van der Waals surface area contributed by atoms with Gasteiger partial charge in [0.05, 0.1) is 11.4 Å². The number of unbranched alkanes of at least 4 members (excludes halogenated alkanes) is 2. The van der Waals surface area contributed by atoms with Gasteiger partial charge >= 0.3 is 0 Å². The number of hydrogen-bond acceptors (Lipinski definition) is 3. The molecule has 0 unspecified atom stereocenters. The summed E-state index contributed by atoms with van der Waals surface area (Å²) < 4.78 is 3.68. The molecular formula is C20H20ClN5O.